The topological polar surface area (TPSA) is 128 Å². The zero-order valence-corrected chi connectivity index (χ0v) is 26.1. The highest BCUT2D eigenvalue weighted by atomic mass is 16.6. The monoisotopic (exact) mass is 590 g/mol. The normalized spacial score (nSPS) is 12.0. The standard InChI is InChI=1S/C33H34N8O3/c1-19-9-12-23-15-22(11-14-26(23)36-19)10-13-25-16-24(29-30-28(34-18-35-29)20(2)39-41(30)8)17-27(37-25)38-31(42)21(3)40(7)32(43)44-33(4,5)6/h9,11-12,14-18,21H,1-8H3,(H,37,38,42). The van der Waals surface area contributed by atoms with Gasteiger partial charge < -0.3 is 10.1 Å². The van der Waals surface area contributed by atoms with Crippen molar-refractivity contribution < 1.29 is 14.3 Å². The largest absolute Gasteiger partial charge is 0.444 e. The highest BCUT2D eigenvalue weighted by Gasteiger charge is 2.27. The van der Waals surface area contributed by atoms with Crippen LogP contribution in [-0.4, -0.2) is 65.3 Å². The maximum absolute atomic E-state index is 13.3. The van der Waals surface area contributed by atoms with Crippen LogP contribution in [0.25, 0.3) is 33.2 Å². The van der Waals surface area contributed by atoms with Crippen LogP contribution in [0.5, 0.6) is 0 Å². The van der Waals surface area contributed by atoms with Gasteiger partial charge in [-0.2, -0.15) is 5.10 Å². The Balaban J connectivity index is 1.53. The molecule has 0 spiro atoms. The predicted molar refractivity (Wildman–Crippen MR) is 169 cm³/mol. The number of rotatable bonds is 4. The van der Waals surface area contributed by atoms with Gasteiger partial charge >= 0.3 is 6.09 Å². The predicted octanol–water partition coefficient (Wildman–Crippen LogP) is 5.18. The van der Waals surface area contributed by atoms with Crippen LogP contribution in [0, 0.1) is 25.7 Å². The lowest BCUT2D eigenvalue weighted by molar-refractivity contribution is -0.120. The van der Waals surface area contributed by atoms with Gasteiger partial charge in [0, 0.05) is 36.3 Å². The van der Waals surface area contributed by atoms with Crippen molar-refractivity contribution in [1.82, 2.24) is 34.6 Å². The number of carbonyl (C=O) groups excluding carboxylic acids is 2. The van der Waals surface area contributed by atoms with Crippen molar-refractivity contribution >= 4 is 39.8 Å². The molecule has 4 heterocycles. The fourth-order valence-electron chi connectivity index (χ4n) is 4.62. The number of anilines is 1. The first-order chi connectivity index (χ1) is 20.8. The number of aromatic nitrogens is 6. The molecule has 0 aliphatic heterocycles. The molecule has 1 aromatic carbocycles. The van der Waals surface area contributed by atoms with Crippen molar-refractivity contribution in [3.63, 3.8) is 0 Å². The molecule has 1 unspecified atom stereocenters. The number of ether oxygens (including phenoxy) is 1. The summed E-state index contributed by atoms with van der Waals surface area (Å²) in [5.74, 6) is 6.14. The van der Waals surface area contributed by atoms with Gasteiger partial charge in [-0.3, -0.25) is 19.4 Å². The Morgan fingerprint density at radius 2 is 1.80 bits per heavy atom. The van der Waals surface area contributed by atoms with Crippen molar-refractivity contribution in [3.8, 4) is 23.1 Å². The molecule has 0 saturated carbocycles. The minimum absolute atomic E-state index is 0.255. The van der Waals surface area contributed by atoms with Gasteiger partial charge in [-0.25, -0.2) is 19.7 Å². The number of nitrogens with zero attached hydrogens (tertiary/aromatic N) is 7. The van der Waals surface area contributed by atoms with Crippen LogP contribution in [-0.2, 0) is 16.6 Å². The summed E-state index contributed by atoms with van der Waals surface area (Å²) >= 11 is 0. The fourth-order valence-corrected chi connectivity index (χ4v) is 4.62. The number of nitrogens with one attached hydrogen (secondary N) is 1. The van der Waals surface area contributed by atoms with E-state index in [4.69, 9.17) is 4.74 Å². The van der Waals surface area contributed by atoms with Crippen LogP contribution < -0.4 is 5.32 Å². The molecule has 11 heteroatoms. The molecular weight excluding hydrogens is 556 g/mol. The number of amides is 2. The second kappa shape index (κ2) is 11.7. The van der Waals surface area contributed by atoms with Gasteiger partial charge in [0.2, 0.25) is 5.91 Å². The lowest BCUT2D eigenvalue weighted by Gasteiger charge is -2.28. The molecule has 0 aliphatic carbocycles. The molecule has 44 heavy (non-hydrogen) atoms. The van der Waals surface area contributed by atoms with Gasteiger partial charge in [-0.1, -0.05) is 12.0 Å². The van der Waals surface area contributed by atoms with Crippen LogP contribution in [0.15, 0.2) is 48.8 Å². The van der Waals surface area contributed by atoms with Crippen LogP contribution in [0.1, 0.15) is 50.3 Å². The molecule has 5 aromatic rings. The van der Waals surface area contributed by atoms with E-state index in [1.54, 1.807) is 38.4 Å². The maximum Gasteiger partial charge on any atom is 0.410 e. The zero-order chi connectivity index (χ0) is 31.8. The minimum Gasteiger partial charge on any atom is -0.444 e. The lowest BCUT2D eigenvalue weighted by atomic mass is 10.1. The number of likely N-dealkylation sites (N-methyl/N-ethyl adjacent to an activating group) is 1. The summed E-state index contributed by atoms with van der Waals surface area (Å²) in [5.41, 5.74) is 5.87. The lowest BCUT2D eigenvalue weighted by Crippen LogP contribution is -2.45. The fraction of sp³-hybridized carbons (Fsp3) is 0.303. The molecule has 0 aliphatic rings. The van der Waals surface area contributed by atoms with Gasteiger partial charge in [0.15, 0.2) is 0 Å². The summed E-state index contributed by atoms with van der Waals surface area (Å²) in [4.78, 5) is 45.3. The molecule has 2 amide bonds. The Morgan fingerprint density at radius 3 is 2.55 bits per heavy atom. The van der Waals surface area contributed by atoms with E-state index in [2.05, 4.69) is 42.2 Å². The molecule has 4 aromatic heterocycles. The smallest absolute Gasteiger partial charge is 0.410 e. The third kappa shape index (κ3) is 6.49. The number of fused-ring (bicyclic) bond motifs is 2. The summed E-state index contributed by atoms with van der Waals surface area (Å²) in [5, 5.41) is 8.33. The summed E-state index contributed by atoms with van der Waals surface area (Å²) in [7, 11) is 3.35. The van der Waals surface area contributed by atoms with Crippen molar-refractivity contribution in [2.45, 2.75) is 53.2 Å². The third-order valence-electron chi connectivity index (χ3n) is 6.94. The maximum atomic E-state index is 13.3. The number of benzene rings is 1. The Bertz CT molecular complexity index is 1980. The van der Waals surface area contributed by atoms with Crippen molar-refractivity contribution in [3.05, 3.63) is 71.4 Å². The minimum atomic E-state index is -0.842. The van der Waals surface area contributed by atoms with Gasteiger partial charge in [-0.15, -0.1) is 0 Å². The molecule has 224 valence electrons. The Labute approximate surface area is 255 Å². The van der Waals surface area contributed by atoms with Crippen molar-refractivity contribution in [2.24, 2.45) is 7.05 Å². The van der Waals surface area contributed by atoms with Gasteiger partial charge in [0.25, 0.3) is 0 Å². The number of pyridine rings is 2. The molecule has 0 radical (unpaired) electrons. The van der Waals surface area contributed by atoms with E-state index in [-0.39, 0.29) is 5.82 Å². The molecule has 0 saturated heterocycles. The van der Waals surface area contributed by atoms with Crippen LogP contribution >= 0.6 is 0 Å². The third-order valence-corrected chi connectivity index (χ3v) is 6.94. The average molecular weight is 591 g/mol. The second-order valence-electron chi connectivity index (χ2n) is 11.6. The SMILES string of the molecule is Cc1ccc2cc(C#Cc3cc(-c4ncnc5c(C)nn(C)c45)cc(NC(=O)C(C)N(C)C(=O)OC(C)(C)C)n3)ccc2n1. The highest BCUT2D eigenvalue weighted by Crippen LogP contribution is 2.28. The van der Waals surface area contributed by atoms with Gasteiger partial charge in [0.1, 0.15) is 40.5 Å². The van der Waals surface area contributed by atoms with E-state index in [9.17, 15) is 9.59 Å². The molecule has 0 bridgehead atoms. The van der Waals surface area contributed by atoms with E-state index in [0.717, 1.165) is 38.9 Å². The molecular formula is C33H34N8O3. The van der Waals surface area contributed by atoms with Crippen molar-refractivity contribution in [2.75, 3.05) is 12.4 Å². The zero-order valence-electron chi connectivity index (χ0n) is 26.1. The molecule has 11 nitrogen and oxygen atoms in total. The molecule has 1 N–H and O–H groups in total. The van der Waals surface area contributed by atoms with E-state index >= 15 is 0 Å². The van der Waals surface area contributed by atoms with Gasteiger partial charge in [-0.05, 0) is 83.9 Å². The summed E-state index contributed by atoms with van der Waals surface area (Å²) in [6, 6.07) is 12.5. The molecule has 1 atom stereocenters. The van der Waals surface area contributed by atoms with Gasteiger partial charge in [0.05, 0.1) is 16.9 Å². The Hall–Kier alpha value is -5.37. The number of hydrogen-bond donors (Lipinski definition) is 1. The second-order valence-corrected chi connectivity index (χ2v) is 11.6. The number of carbonyl (C=O) groups is 2. The van der Waals surface area contributed by atoms with Crippen molar-refractivity contribution in [1.29, 1.82) is 0 Å². The van der Waals surface area contributed by atoms with E-state index in [1.165, 1.54) is 18.3 Å². The average Bonchev–Trinajstić information content (AvgIpc) is 3.27. The summed E-state index contributed by atoms with van der Waals surface area (Å²) in [6.07, 6.45) is 0.878. The Morgan fingerprint density at radius 1 is 1.02 bits per heavy atom. The number of hydrogen-bond acceptors (Lipinski definition) is 8. The summed E-state index contributed by atoms with van der Waals surface area (Å²) < 4.78 is 7.15. The van der Waals surface area contributed by atoms with E-state index in [0.29, 0.717) is 17.0 Å². The molecule has 0 fully saturated rings. The Kier molecular flexibility index (Phi) is 8.02. The number of aryl methyl sites for hydroxylation is 3. The summed E-state index contributed by atoms with van der Waals surface area (Å²) in [6.45, 7) is 10.8. The first-order valence-electron chi connectivity index (χ1n) is 14.1. The van der Waals surface area contributed by atoms with Crippen LogP contribution in [0.2, 0.25) is 0 Å². The molecule has 5 rings (SSSR count). The first-order valence-corrected chi connectivity index (χ1v) is 14.1. The van der Waals surface area contributed by atoms with Crippen LogP contribution in [0.3, 0.4) is 0 Å². The van der Waals surface area contributed by atoms with E-state index < -0.39 is 23.6 Å². The van der Waals surface area contributed by atoms with E-state index in [1.807, 2.05) is 57.3 Å². The quantitative estimate of drug-likeness (QED) is 0.284. The van der Waals surface area contributed by atoms with Crippen LogP contribution in [0.4, 0.5) is 10.6 Å². The first kappa shape index (κ1) is 30.1. The highest BCUT2D eigenvalue weighted by molar-refractivity contribution is 5.97.